The van der Waals surface area contributed by atoms with Crippen molar-refractivity contribution in [1.29, 1.82) is 0 Å². The summed E-state index contributed by atoms with van der Waals surface area (Å²) in [5.41, 5.74) is -0.399. The van der Waals surface area contributed by atoms with Crippen molar-refractivity contribution in [3.8, 4) is 0 Å². The second kappa shape index (κ2) is 9.67. The Kier molecular flexibility index (Phi) is 7.56. The summed E-state index contributed by atoms with van der Waals surface area (Å²) in [6.45, 7) is 5.53. The molecule has 2 rings (SSSR count). The van der Waals surface area contributed by atoms with Crippen LogP contribution in [0.25, 0.3) is 0 Å². The largest absolute Gasteiger partial charge is 0.442 e. The first-order valence-corrected chi connectivity index (χ1v) is 9.43. The molecule has 0 aliphatic carbocycles. The van der Waals surface area contributed by atoms with Crippen LogP contribution in [0.5, 0.6) is 0 Å². The van der Waals surface area contributed by atoms with E-state index in [-0.39, 0.29) is 24.9 Å². The van der Waals surface area contributed by atoms with Crippen LogP contribution in [-0.2, 0) is 10.3 Å². The summed E-state index contributed by atoms with van der Waals surface area (Å²) in [7, 11) is 0. The second-order valence-electron chi connectivity index (χ2n) is 6.28. The molecule has 2 N–H and O–H groups in total. The van der Waals surface area contributed by atoms with E-state index in [9.17, 15) is 14.3 Å². The lowest BCUT2D eigenvalue weighted by Crippen LogP contribution is -2.34. The molecule has 0 radical (unpaired) electrons. The Morgan fingerprint density at radius 2 is 2.00 bits per heavy atom. The van der Waals surface area contributed by atoms with Crippen LogP contribution in [0, 0.1) is 5.82 Å². The normalized spacial score (nSPS) is 14.1. The molecule has 2 unspecified atom stereocenters. The molecule has 0 fully saturated rings. The third-order valence-corrected chi connectivity index (χ3v) is 4.82. The topological polar surface area (TPSA) is 58.6 Å². The summed E-state index contributed by atoms with van der Waals surface area (Å²) >= 11 is 3.36. The number of aliphatic hydroxyl groups is 1. The van der Waals surface area contributed by atoms with Gasteiger partial charge in [0, 0.05) is 16.6 Å². The number of rotatable bonds is 8. The van der Waals surface area contributed by atoms with Crippen LogP contribution >= 0.6 is 15.9 Å². The number of alkyl carbamates (subject to hydrolysis) is 1. The van der Waals surface area contributed by atoms with Crippen LogP contribution < -0.4 is 5.32 Å². The smallest absolute Gasteiger partial charge is 0.407 e. The highest BCUT2D eigenvalue weighted by Gasteiger charge is 2.30. The van der Waals surface area contributed by atoms with Gasteiger partial charge in [-0.05, 0) is 43.5 Å². The van der Waals surface area contributed by atoms with Crippen molar-refractivity contribution in [2.75, 3.05) is 6.54 Å². The van der Waals surface area contributed by atoms with Gasteiger partial charge in [-0.1, -0.05) is 52.3 Å². The lowest BCUT2D eigenvalue weighted by Gasteiger charge is -2.28. The summed E-state index contributed by atoms with van der Waals surface area (Å²) in [5, 5.41) is 13.5. The highest BCUT2D eigenvalue weighted by molar-refractivity contribution is 9.10. The Bertz CT molecular complexity index is 781. The molecule has 144 valence electrons. The first kappa shape index (κ1) is 21.1. The zero-order valence-corrected chi connectivity index (χ0v) is 16.7. The molecule has 0 spiro atoms. The maximum Gasteiger partial charge on any atom is 0.407 e. The molecule has 2 aromatic rings. The van der Waals surface area contributed by atoms with Crippen molar-refractivity contribution >= 4 is 22.0 Å². The summed E-state index contributed by atoms with van der Waals surface area (Å²) in [6, 6.07) is 13.5. The maximum atomic E-state index is 14.1. The molecule has 0 aliphatic heterocycles. The van der Waals surface area contributed by atoms with Crippen molar-refractivity contribution in [1.82, 2.24) is 5.32 Å². The molecule has 6 heteroatoms. The predicted molar refractivity (Wildman–Crippen MR) is 107 cm³/mol. The van der Waals surface area contributed by atoms with Crippen molar-refractivity contribution in [3.63, 3.8) is 0 Å². The van der Waals surface area contributed by atoms with Crippen LogP contribution in [0.3, 0.4) is 0 Å². The van der Waals surface area contributed by atoms with E-state index in [0.717, 1.165) is 10.0 Å². The average molecular weight is 436 g/mol. The first-order chi connectivity index (χ1) is 12.9. The van der Waals surface area contributed by atoms with Gasteiger partial charge < -0.3 is 15.2 Å². The number of benzene rings is 2. The minimum atomic E-state index is -1.45. The number of hydrogen-bond acceptors (Lipinski definition) is 3. The fraction of sp³-hybridized carbons (Fsp3) is 0.286. The molecule has 1 amide bonds. The highest BCUT2D eigenvalue weighted by Crippen LogP contribution is 2.31. The number of ether oxygens (including phenoxy) is 1. The summed E-state index contributed by atoms with van der Waals surface area (Å²) in [4.78, 5) is 12.0. The quantitative estimate of drug-likeness (QED) is 0.558. The monoisotopic (exact) mass is 435 g/mol. The van der Waals surface area contributed by atoms with Gasteiger partial charge >= 0.3 is 6.09 Å². The molecule has 0 bridgehead atoms. The Labute approximate surface area is 167 Å². The molecule has 2 atom stereocenters. The molecule has 0 saturated heterocycles. The Hall–Kier alpha value is -2.18. The van der Waals surface area contributed by atoms with Gasteiger partial charge in [0.05, 0.1) is 5.60 Å². The minimum Gasteiger partial charge on any atom is -0.442 e. The summed E-state index contributed by atoms with van der Waals surface area (Å²) in [5.74, 6) is -0.492. The van der Waals surface area contributed by atoms with Gasteiger partial charge in [-0.2, -0.15) is 0 Å². The molecule has 0 heterocycles. The fourth-order valence-electron chi connectivity index (χ4n) is 2.80. The molecule has 27 heavy (non-hydrogen) atoms. The molecular formula is C21H23BrFNO3. The Morgan fingerprint density at radius 1 is 1.33 bits per heavy atom. The average Bonchev–Trinajstić information content (AvgIpc) is 2.62. The van der Waals surface area contributed by atoms with E-state index in [1.165, 1.54) is 18.2 Å². The van der Waals surface area contributed by atoms with Crippen LogP contribution in [0.2, 0.25) is 0 Å². The second-order valence-corrected chi connectivity index (χ2v) is 7.20. The molecule has 0 saturated carbocycles. The van der Waals surface area contributed by atoms with Gasteiger partial charge in [0.2, 0.25) is 0 Å². The number of carbonyl (C=O) groups is 1. The third-order valence-electron chi connectivity index (χ3n) is 4.29. The SMILES string of the molecule is C=CCC(O)(CCNC(=O)OC(C)c1ccc(Br)cc1)c1ccccc1F. The third kappa shape index (κ3) is 5.91. The van der Waals surface area contributed by atoms with Gasteiger partial charge in [-0.3, -0.25) is 0 Å². The molecule has 0 aliphatic rings. The number of nitrogens with one attached hydrogen (secondary N) is 1. The van der Waals surface area contributed by atoms with Crippen LogP contribution in [0.15, 0.2) is 65.7 Å². The zero-order valence-electron chi connectivity index (χ0n) is 15.1. The fourth-order valence-corrected chi connectivity index (χ4v) is 3.06. The zero-order chi connectivity index (χ0) is 19.9. The van der Waals surface area contributed by atoms with Gasteiger partial charge in [-0.25, -0.2) is 9.18 Å². The summed E-state index contributed by atoms with van der Waals surface area (Å²) < 4.78 is 20.4. The van der Waals surface area contributed by atoms with Crippen LogP contribution in [0.1, 0.15) is 37.0 Å². The van der Waals surface area contributed by atoms with Crippen molar-refractivity contribution in [2.45, 2.75) is 31.5 Å². The standard InChI is InChI=1S/C21H23BrFNO3/c1-3-12-21(26,18-6-4-5-7-19(18)23)13-14-24-20(25)27-15(2)16-8-10-17(22)11-9-16/h3-11,15,26H,1,12-14H2,2H3,(H,24,25). The van der Waals surface area contributed by atoms with Crippen LogP contribution in [-0.4, -0.2) is 17.7 Å². The van der Waals surface area contributed by atoms with Gasteiger partial charge in [0.15, 0.2) is 0 Å². The van der Waals surface area contributed by atoms with Crippen LogP contribution in [0.4, 0.5) is 9.18 Å². The van der Waals surface area contributed by atoms with Gasteiger partial charge in [-0.15, -0.1) is 6.58 Å². The predicted octanol–water partition coefficient (Wildman–Crippen LogP) is 5.23. The molecule has 2 aromatic carbocycles. The lowest BCUT2D eigenvalue weighted by atomic mass is 9.87. The van der Waals surface area contributed by atoms with Gasteiger partial charge in [0.1, 0.15) is 11.9 Å². The number of carbonyl (C=O) groups excluding carboxylic acids is 1. The van der Waals surface area contributed by atoms with E-state index in [1.807, 2.05) is 24.3 Å². The molecule has 4 nitrogen and oxygen atoms in total. The Morgan fingerprint density at radius 3 is 2.63 bits per heavy atom. The number of hydrogen-bond donors (Lipinski definition) is 2. The minimum absolute atomic E-state index is 0.127. The van der Waals surface area contributed by atoms with E-state index in [1.54, 1.807) is 19.1 Å². The lowest BCUT2D eigenvalue weighted by molar-refractivity contribution is 0.0265. The highest BCUT2D eigenvalue weighted by atomic mass is 79.9. The first-order valence-electron chi connectivity index (χ1n) is 8.64. The maximum absolute atomic E-state index is 14.1. The van der Waals surface area contributed by atoms with E-state index in [2.05, 4.69) is 27.8 Å². The molecule has 0 aromatic heterocycles. The number of amides is 1. The molecular weight excluding hydrogens is 413 g/mol. The van der Waals surface area contributed by atoms with E-state index in [0.29, 0.717) is 0 Å². The van der Waals surface area contributed by atoms with E-state index in [4.69, 9.17) is 4.74 Å². The van der Waals surface area contributed by atoms with Crippen molar-refractivity contribution < 1.29 is 19.0 Å². The van der Waals surface area contributed by atoms with Gasteiger partial charge in [0.25, 0.3) is 0 Å². The summed E-state index contributed by atoms with van der Waals surface area (Å²) in [6.07, 6.45) is 0.804. The van der Waals surface area contributed by atoms with E-state index >= 15 is 0 Å². The number of halogens is 2. The van der Waals surface area contributed by atoms with E-state index < -0.39 is 23.6 Å². The van der Waals surface area contributed by atoms with Crippen molar-refractivity contribution in [2.24, 2.45) is 0 Å². The Balaban J connectivity index is 1.92. The van der Waals surface area contributed by atoms with Crippen molar-refractivity contribution in [3.05, 3.63) is 82.6 Å².